The lowest BCUT2D eigenvalue weighted by atomic mass is 9.96. The molecule has 0 saturated carbocycles. The Morgan fingerprint density at radius 2 is 1.90 bits per heavy atom. The lowest BCUT2D eigenvalue weighted by molar-refractivity contribution is 0.0601. The highest BCUT2D eigenvalue weighted by Crippen LogP contribution is 2.34. The van der Waals surface area contributed by atoms with Crippen molar-refractivity contribution in [1.82, 2.24) is 23.7 Å². The normalized spacial score (nSPS) is 21.5. The molecule has 1 aliphatic heterocycles. The SMILES string of the molecule is COC(=O)c1c(C#N)cccc1Nc1nc(NC2C=CC(N3CCN(C(C)C)CC3)=CC2OC)nc2c1ccn2S(=O)(=O)C1=CCC(C)CC1. The minimum atomic E-state index is -3.93. The summed E-state index contributed by atoms with van der Waals surface area (Å²) in [6.07, 6.45) is 11.0. The summed E-state index contributed by atoms with van der Waals surface area (Å²) in [5, 5.41) is 16.7. The summed E-state index contributed by atoms with van der Waals surface area (Å²) in [7, 11) is -1.04. The van der Waals surface area contributed by atoms with Gasteiger partial charge in [0.25, 0.3) is 10.0 Å². The van der Waals surface area contributed by atoms with Crippen LogP contribution in [0.4, 0.5) is 17.5 Å². The molecular formula is C36H44N8O5S. The van der Waals surface area contributed by atoms with Gasteiger partial charge in [0.05, 0.1) is 34.7 Å². The number of fused-ring (bicyclic) bond motifs is 1. The number of hydrogen-bond acceptors (Lipinski definition) is 12. The number of anilines is 3. The number of carbonyl (C=O) groups is 1. The molecule has 6 rings (SSSR count). The van der Waals surface area contributed by atoms with Gasteiger partial charge in [-0.05, 0) is 69.4 Å². The Morgan fingerprint density at radius 3 is 2.56 bits per heavy atom. The second kappa shape index (κ2) is 14.6. The van der Waals surface area contributed by atoms with Crippen LogP contribution >= 0.6 is 0 Å². The van der Waals surface area contributed by atoms with E-state index in [9.17, 15) is 18.5 Å². The monoisotopic (exact) mass is 700 g/mol. The smallest absolute Gasteiger partial charge is 0.341 e. The number of ether oxygens (including phenoxy) is 2. The molecule has 2 aliphatic carbocycles. The summed E-state index contributed by atoms with van der Waals surface area (Å²) in [6.45, 7) is 10.3. The molecule has 264 valence electrons. The molecule has 0 radical (unpaired) electrons. The Balaban J connectivity index is 1.38. The molecule has 0 amide bonds. The van der Waals surface area contributed by atoms with Gasteiger partial charge >= 0.3 is 5.97 Å². The van der Waals surface area contributed by atoms with Gasteiger partial charge in [-0.2, -0.15) is 15.2 Å². The zero-order chi connectivity index (χ0) is 35.6. The van der Waals surface area contributed by atoms with E-state index in [2.05, 4.69) is 53.4 Å². The molecule has 1 saturated heterocycles. The molecule has 0 spiro atoms. The molecule has 50 heavy (non-hydrogen) atoms. The van der Waals surface area contributed by atoms with E-state index in [-0.39, 0.29) is 46.4 Å². The van der Waals surface area contributed by atoms with Crippen molar-refractivity contribution < 1.29 is 22.7 Å². The van der Waals surface area contributed by atoms with E-state index in [1.54, 1.807) is 31.4 Å². The highest BCUT2D eigenvalue weighted by molar-refractivity contribution is 7.93. The molecular weight excluding hydrogens is 657 g/mol. The minimum absolute atomic E-state index is 0.0360. The average molecular weight is 701 g/mol. The van der Waals surface area contributed by atoms with Crippen molar-refractivity contribution in [2.75, 3.05) is 51.0 Å². The van der Waals surface area contributed by atoms with E-state index in [4.69, 9.17) is 19.4 Å². The van der Waals surface area contributed by atoms with Crippen molar-refractivity contribution >= 4 is 44.5 Å². The second-order valence-electron chi connectivity index (χ2n) is 13.2. The summed E-state index contributed by atoms with van der Waals surface area (Å²) in [5.41, 5.74) is 1.67. The lowest BCUT2D eigenvalue weighted by Crippen LogP contribution is -2.48. The fraction of sp³-hybridized carbons (Fsp3) is 0.444. The van der Waals surface area contributed by atoms with Crippen molar-refractivity contribution in [2.45, 2.75) is 58.2 Å². The first kappa shape index (κ1) is 35.1. The number of nitrogens with one attached hydrogen (secondary N) is 2. The number of hydrogen-bond donors (Lipinski definition) is 2. The fourth-order valence-corrected chi connectivity index (χ4v) is 8.21. The number of nitriles is 1. The quantitative estimate of drug-likeness (QED) is 0.274. The van der Waals surface area contributed by atoms with E-state index in [0.717, 1.165) is 38.3 Å². The maximum atomic E-state index is 14.0. The van der Waals surface area contributed by atoms with Crippen LogP contribution in [0, 0.1) is 17.2 Å². The van der Waals surface area contributed by atoms with E-state index in [0.29, 0.717) is 35.1 Å². The van der Waals surface area contributed by atoms with E-state index in [1.165, 1.54) is 23.3 Å². The van der Waals surface area contributed by atoms with Crippen molar-refractivity contribution in [3.63, 3.8) is 0 Å². The van der Waals surface area contributed by atoms with Crippen LogP contribution in [0.15, 0.2) is 65.4 Å². The molecule has 2 N–H and O–H groups in total. The third kappa shape index (κ3) is 6.98. The van der Waals surface area contributed by atoms with Gasteiger partial charge < -0.3 is 25.0 Å². The Kier molecular flexibility index (Phi) is 10.3. The number of benzene rings is 1. The molecule has 3 heterocycles. The largest absolute Gasteiger partial charge is 0.465 e. The number of rotatable bonds is 10. The van der Waals surface area contributed by atoms with E-state index >= 15 is 0 Å². The van der Waals surface area contributed by atoms with Crippen molar-refractivity contribution in [3.05, 3.63) is 76.5 Å². The third-order valence-electron chi connectivity index (χ3n) is 9.70. The minimum Gasteiger partial charge on any atom is -0.465 e. The fourth-order valence-electron chi connectivity index (χ4n) is 6.69. The first-order valence-corrected chi connectivity index (χ1v) is 18.4. The number of aromatic nitrogens is 3. The van der Waals surface area contributed by atoms with Crippen LogP contribution in [-0.2, 0) is 19.5 Å². The van der Waals surface area contributed by atoms with E-state index < -0.39 is 16.0 Å². The Bertz CT molecular complexity index is 2000. The zero-order valence-corrected chi connectivity index (χ0v) is 29.9. The lowest BCUT2D eigenvalue weighted by Gasteiger charge is -2.40. The number of esters is 1. The molecule has 3 aromatic rings. The van der Waals surface area contributed by atoms with Gasteiger partial charge in [-0.3, -0.25) is 4.90 Å². The van der Waals surface area contributed by atoms with Crippen LogP contribution in [0.3, 0.4) is 0 Å². The second-order valence-corrected chi connectivity index (χ2v) is 15.1. The molecule has 0 bridgehead atoms. The molecule has 1 aromatic carbocycles. The topological polar surface area (TPSA) is 155 Å². The molecule has 14 heteroatoms. The van der Waals surface area contributed by atoms with Gasteiger partial charge in [0.1, 0.15) is 23.6 Å². The highest BCUT2D eigenvalue weighted by atomic mass is 32.2. The Morgan fingerprint density at radius 1 is 1.12 bits per heavy atom. The number of carbonyl (C=O) groups excluding carboxylic acids is 1. The van der Waals surface area contributed by atoms with Crippen LogP contribution in [0.1, 0.15) is 56.0 Å². The number of allylic oxidation sites excluding steroid dienone is 3. The summed E-state index contributed by atoms with van der Waals surface area (Å²) >= 11 is 0. The molecule has 2 aromatic heterocycles. The van der Waals surface area contributed by atoms with Gasteiger partial charge in [-0.15, -0.1) is 0 Å². The van der Waals surface area contributed by atoms with Gasteiger partial charge in [-0.1, -0.05) is 25.1 Å². The van der Waals surface area contributed by atoms with Crippen LogP contribution in [-0.4, -0.2) is 96.7 Å². The maximum absolute atomic E-state index is 14.0. The van der Waals surface area contributed by atoms with Gasteiger partial charge in [0.2, 0.25) is 5.95 Å². The molecule has 3 atom stereocenters. The van der Waals surface area contributed by atoms with Crippen LogP contribution < -0.4 is 10.6 Å². The van der Waals surface area contributed by atoms with E-state index in [1.807, 2.05) is 12.1 Å². The predicted molar refractivity (Wildman–Crippen MR) is 192 cm³/mol. The number of piperazine rings is 1. The summed E-state index contributed by atoms with van der Waals surface area (Å²) in [6, 6.07) is 8.59. The van der Waals surface area contributed by atoms with Gasteiger partial charge in [0.15, 0.2) is 5.65 Å². The highest BCUT2D eigenvalue weighted by Gasteiger charge is 2.29. The van der Waals surface area contributed by atoms with Gasteiger partial charge in [0, 0.05) is 51.2 Å². The summed E-state index contributed by atoms with van der Waals surface area (Å²) in [4.78, 5) is 27.5. The van der Waals surface area contributed by atoms with Gasteiger partial charge in [-0.25, -0.2) is 17.2 Å². The summed E-state index contributed by atoms with van der Waals surface area (Å²) < 4.78 is 40.1. The molecule has 13 nitrogen and oxygen atoms in total. The van der Waals surface area contributed by atoms with Crippen molar-refractivity contribution in [2.24, 2.45) is 5.92 Å². The standard InChI is InChI=1S/C36H44N8O5S/c1-23(2)42-17-19-43(20-18-42)26-11-14-29(31(21-26)48-4)39-36-40-33(38-30-8-6-7-25(22-37)32(30)35(45)49-5)28-15-16-44(34(28)41-36)50(46,47)27-12-9-24(3)10-13-27/h6-8,11-12,14-16,21,23-24,29,31H,9-10,13,17-20H2,1-5H3,(H2,38,39,40,41). The summed E-state index contributed by atoms with van der Waals surface area (Å²) in [5.74, 6) is 0.104. The maximum Gasteiger partial charge on any atom is 0.341 e. The zero-order valence-electron chi connectivity index (χ0n) is 29.1. The van der Waals surface area contributed by atoms with Crippen LogP contribution in [0.2, 0.25) is 0 Å². The molecule has 3 aliphatic rings. The number of nitrogens with zero attached hydrogens (tertiary/aromatic N) is 6. The molecule has 1 fully saturated rings. The van der Waals surface area contributed by atoms with Crippen LogP contribution in [0.5, 0.6) is 0 Å². The average Bonchev–Trinajstić information content (AvgIpc) is 3.57. The first-order chi connectivity index (χ1) is 24.0. The Labute approximate surface area is 293 Å². The number of methoxy groups -OCH3 is 2. The predicted octanol–water partition coefficient (Wildman–Crippen LogP) is 4.99. The third-order valence-corrected chi connectivity index (χ3v) is 11.5. The van der Waals surface area contributed by atoms with Crippen molar-refractivity contribution in [3.8, 4) is 6.07 Å². The van der Waals surface area contributed by atoms with Crippen LogP contribution in [0.25, 0.3) is 11.0 Å². The Hall–Kier alpha value is -4.71. The van der Waals surface area contributed by atoms with Crippen molar-refractivity contribution in [1.29, 1.82) is 5.26 Å². The molecule has 3 unspecified atom stereocenters. The first-order valence-electron chi connectivity index (χ1n) is 16.9.